The predicted molar refractivity (Wildman–Crippen MR) is 36.1 cm³/mol. The first-order valence-corrected chi connectivity index (χ1v) is 3.89. The first-order valence-electron chi connectivity index (χ1n) is 2.84. The standard InChI is InChI=1S/C5H8N2S/c1-2-7-3-6-4-8-5(1)7/h3,5H,1-2,4H2. The van der Waals surface area contributed by atoms with Gasteiger partial charge in [-0.15, -0.1) is 11.8 Å². The number of nitrogens with zero attached hydrogens (tertiary/aromatic N) is 2. The van der Waals surface area contributed by atoms with Crippen molar-refractivity contribution in [3.05, 3.63) is 0 Å². The number of rotatable bonds is 0. The molecule has 0 bridgehead atoms. The molecule has 2 rings (SSSR count). The molecule has 0 aromatic carbocycles. The average molecular weight is 128 g/mol. The van der Waals surface area contributed by atoms with Crippen LogP contribution in [0.4, 0.5) is 0 Å². The van der Waals surface area contributed by atoms with Crippen LogP contribution >= 0.6 is 11.8 Å². The Bertz CT molecular complexity index is 124. The minimum atomic E-state index is 0.785. The Morgan fingerprint density at radius 2 is 2.75 bits per heavy atom. The summed E-state index contributed by atoms with van der Waals surface area (Å²) in [6.07, 6.45) is 3.33. The summed E-state index contributed by atoms with van der Waals surface area (Å²) < 4.78 is 0. The quantitative estimate of drug-likeness (QED) is 0.478. The first kappa shape index (κ1) is 4.68. The van der Waals surface area contributed by atoms with Crippen LogP contribution in [0.2, 0.25) is 0 Å². The molecule has 0 saturated carbocycles. The zero-order chi connectivity index (χ0) is 5.40. The molecule has 0 aliphatic carbocycles. The van der Waals surface area contributed by atoms with Gasteiger partial charge in [0.25, 0.3) is 0 Å². The summed E-state index contributed by atoms with van der Waals surface area (Å²) in [4.78, 5) is 6.41. The third-order valence-corrected chi connectivity index (χ3v) is 2.76. The minimum absolute atomic E-state index is 0.785. The highest BCUT2D eigenvalue weighted by Gasteiger charge is 2.27. The lowest BCUT2D eigenvalue weighted by Crippen LogP contribution is -2.46. The molecule has 1 fully saturated rings. The fraction of sp³-hybridized carbons (Fsp3) is 0.800. The Morgan fingerprint density at radius 1 is 1.75 bits per heavy atom. The van der Waals surface area contributed by atoms with Gasteiger partial charge in [0, 0.05) is 6.54 Å². The van der Waals surface area contributed by atoms with Gasteiger partial charge in [0.2, 0.25) is 0 Å². The molecule has 2 heterocycles. The van der Waals surface area contributed by atoms with Crippen molar-refractivity contribution in [2.24, 2.45) is 4.99 Å². The van der Waals surface area contributed by atoms with E-state index in [9.17, 15) is 0 Å². The maximum atomic E-state index is 4.12. The summed E-state index contributed by atoms with van der Waals surface area (Å²) in [6.45, 7) is 1.22. The van der Waals surface area contributed by atoms with Gasteiger partial charge >= 0.3 is 0 Å². The van der Waals surface area contributed by atoms with Crippen LogP contribution in [0, 0.1) is 0 Å². The van der Waals surface area contributed by atoms with Crippen LogP contribution < -0.4 is 0 Å². The van der Waals surface area contributed by atoms with Crippen LogP contribution in [0.3, 0.4) is 0 Å². The van der Waals surface area contributed by atoms with E-state index in [-0.39, 0.29) is 0 Å². The van der Waals surface area contributed by atoms with Gasteiger partial charge < -0.3 is 4.90 Å². The molecule has 3 heteroatoms. The topological polar surface area (TPSA) is 15.6 Å². The van der Waals surface area contributed by atoms with Crippen LogP contribution in [0.25, 0.3) is 0 Å². The lowest BCUT2D eigenvalue weighted by Gasteiger charge is -2.40. The predicted octanol–water partition coefficient (Wildman–Crippen LogP) is 0.751. The second-order valence-corrected chi connectivity index (χ2v) is 3.21. The van der Waals surface area contributed by atoms with Crippen molar-refractivity contribution in [3.63, 3.8) is 0 Å². The molecule has 1 saturated heterocycles. The lowest BCUT2D eigenvalue weighted by molar-refractivity contribution is 0.273. The number of thioether (sulfide) groups is 1. The fourth-order valence-electron chi connectivity index (χ4n) is 0.962. The van der Waals surface area contributed by atoms with Gasteiger partial charge in [-0.25, -0.2) is 0 Å². The molecule has 2 nitrogen and oxygen atoms in total. The molecule has 0 aromatic heterocycles. The highest BCUT2D eigenvalue weighted by atomic mass is 32.2. The molecule has 0 N–H and O–H groups in total. The lowest BCUT2D eigenvalue weighted by atomic mass is 10.2. The van der Waals surface area contributed by atoms with Crippen LogP contribution in [0.15, 0.2) is 4.99 Å². The Labute approximate surface area is 53.0 Å². The van der Waals surface area contributed by atoms with E-state index in [1.165, 1.54) is 13.0 Å². The van der Waals surface area contributed by atoms with Gasteiger partial charge in [0.05, 0.1) is 17.6 Å². The summed E-state index contributed by atoms with van der Waals surface area (Å²) in [6, 6.07) is 0. The van der Waals surface area contributed by atoms with Crippen molar-refractivity contribution in [2.75, 3.05) is 12.4 Å². The molecule has 44 valence electrons. The van der Waals surface area contributed by atoms with E-state index in [1.54, 1.807) is 0 Å². The molecule has 0 aromatic rings. The highest BCUT2D eigenvalue weighted by Crippen LogP contribution is 2.28. The molecule has 0 amide bonds. The molecule has 2 aliphatic rings. The summed E-state index contributed by atoms with van der Waals surface area (Å²) in [5.41, 5.74) is 0. The first-order chi connectivity index (χ1) is 3.97. The van der Waals surface area contributed by atoms with Gasteiger partial charge in [0.15, 0.2) is 0 Å². The monoisotopic (exact) mass is 128 g/mol. The van der Waals surface area contributed by atoms with Crippen LogP contribution in [-0.2, 0) is 0 Å². The summed E-state index contributed by atoms with van der Waals surface area (Å²) >= 11 is 1.94. The number of fused-ring (bicyclic) bond motifs is 1. The van der Waals surface area contributed by atoms with Crippen molar-refractivity contribution in [3.8, 4) is 0 Å². The Morgan fingerprint density at radius 3 is 3.12 bits per heavy atom. The van der Waals surface area contributed by atoms with E-state index < -0.39 is 0 Å². The SMILES string of the molecule is C1=NCSC2CCN12. The fourth-order valence-corrected chi connectivity index (χ4v) is 1.91. The second kappa shape index (κ2) is 1.65. The molecule has 0 radical (unpaired) electrons. The van der Waals surface area contributed by atoms with E-state index in [1.807, 2.05) is 18.1 Å². The minimum Gasteiger partial charge on any atom is -0.351 e. The number of hydrogen-bond donors (Lipinski definition) is 0. The highest BCUT2D eigenvalue weighted by molar-refractivity contribution is 7.99. The maximum absolute atomic E-state index is 4.12. The third kappa shape index (κ3) is 0.540. The van der Waals surface area contributed by atoms with Crippen LogP contribution in [-0.4, -0.2) is 29.0 Å². The normalized spacial score (nSPS) is 34.0. The van der Waals surface area contributed by atoms with Crippen molar-refractivity contribution in [2.45, 2.75) is 11.8 Å². The Hall–Kier alpha value is -0.180. The number of aliphatic imine (C=N–C) groups is 1. The smallest absolute Gasteiger partial charge is 0.0881 e. The Balaban J connectivity index is 2.08. The van der Waals surface area contributed by atoms with Gasteiger partial charge in [0.1, 0.15) is 0 Å². The van der Waals surface area contributed by atoms with Crippen molar-refractivity contribution < 1.29 is 0 Å². The van der Waals surface area contributed by atoms with E-state index in [2.05, 4.69) is 9.89 Å². The van der Waals surface area contributed by atoms with Crippen molar-refractivity contribution in [1.29, 1.82) is 0 Å². The van der Waals surface area contributed by atoms with E-state index >= 15 is 0 Å². The van der Waals surface area contributed by atoms with Crippen LogP contribution in [0.5, 0.6) is 0 Å². The van der Waals surface area contributed by atoms with E-state index in [0.717, 1.165) is 11.3 Å². The van der Waals surface area contributed by atoms with Gasteiger partial charge in [-0.1, -0.05) is 0 Å². The average Bonchev–Trinajstić information content (AvgIpc) is 1.72. The number of hydrogen-bond acceptors (Lipinski definition) is 3. The third-order valence-electron chi connectivity index (χ3n) is 1.58. The van der Waals surface area contributed by atoms with E-state index in [0.29, 0.717) is 0 Å². The van der Waals surface area contributed by atoms with Crippen LogP contribution in [0.1, 0.15) is 6.42 Å². The Kier molecular flexibility index (Phi) is 0.966. The molecule has 0 spiro atoms. The molecular weight excluding hydrogens is 120 g/mol. The molecule has 1 unspecified atom stereocenters. The maximum Gasteiger partial charge on any atom is 0.0881 e. The largest absolute Gasteiger partial charge is 0.351 e. The molecular formula is C5H8N2S. The van der Waals surface area contributed by atoms with Gasteiger partial charge in [-0.05, 0) is 6.42 Å². The van der Waals surface area contributed by atoms with Crippen molar-refractivity contribution >= 4 is 18.1 Å². The van der Waals surface area contributed by atoms with Crippen molar-refractivity contribution in [1.82, 2.24) is 4.90 Å². The summed E-state index contributed by atoms with van der Waals surface area (Å²) in [7, 11) is 0. The summed E-state index contributed by atoms with van der Waals surface area (Å²) in [5, 5.41) is 0.785. The zero-order valence-corrected chi connectivity index (χ0v) is 5.40. The second-order valence-electron chi connectivity index (χ2n) is 2.07. The van der Waals surface area contributed by atoms with Gasteiger partial charge in [-0.3, -0.25) is 4.99 Å². The molecule has 8 heavy (non-hydrogen) atoms. The zero-order valence-electron chi connectivity index (χ0n) is 4.58. The van der Waals surface area contributed by atoms with E-state index in [4.69, 9.17) is 0 Å². The molecule has 2 aliphatic heterocycles. The summed E-state index contributed by atoms with van der Waals surface area (Å²) in [5.74, 6) is 0.973. The van der Waals surface area contributed by atoms with Gasteiger partial charge in [-0.2, -0.15) is 0 Å². The molecule has 1 atom stereocenters.